The Balaban J connectivity index is 1.73. The summed E-state index contributed by atoms with van der Waals surface area (Å²) in [5.41, 5.74) is 3.80. The topological polar surface area (TPSA) is 38.8 Å². The molecule has 0 aliphatic carbocycles. The van der Waals surface area contributed by atoms with E-state index in [1.807, 2.05) is 55.5 Å². The summed E-state index contributed by atoms with van der Waals surface area (Å²) >= 11 is 0. The monoisotopic (exact) mass is 337 g/mol. The quantitative estimate of drug-likeness (QED) is 0.615. The first kappa shape index (κ1) is 17.2. The molecule has 4 heteroatoms. The summed E-state index contributed by atoms with van der Waals surface area (Å²) in [5, 5.41) is 0. The summed E-state index contributed by atoms with van der Waals surface area (Å²) in [6, 6.07) is 13.7. The van der Waals surface area contributed by atoms with Crippen molar-refractivity contribution in [2.24, 2.45) is 0 Å². The molecule has 0 bridgehead atoms. The van der Waals surface area contributed by atoms with Gasteiger partial charge < -0.3 is 14.4 Å². The van der Waals surface area contributed by atoms with E-state index in [2.05, 4.69) is 4.90 Å². The summed E-state index contributed by atoms with van der Waals surface area (Å²) in [7, 11) is 1.66. The van der Waals surface area contributed by atoms with E-state index in [4.69, 9.17) is 9.47 Å². The van der Waals surface area contributed by atoms with Crippen molar-refractivity contribution in [3.8, 4) is 5.75 Å². The van der Waals surface area contributed by atoms with Crippen molar-refractivity contribution in [3.05, 3.63) is 65.2 Å². The van der Waals surface area contributed by atoms with Gasteiger partial charge in [0.15, 0.2) is 5.78 Å². The van der Waals surface area contributed by atoms with E-state index in [-0.39, 0.29) is 5.78 Å². The van der Waals surface area contributed by atoms with Gasteiger partial charge in [0.05, 0.1) is 20.3 Å². The molecule has 0 atom stereocenters. The van der Waals surface area contributed by atoms with Gasteiger partial charge in [-0.3, -0.25) is 4.79 Å². The number of hydrogen-bond donors (Lipinski definition) is 0. The highest BCUT2D eigenvalue weighted by Crippen LogP contribution is 2.20. The summed E-state index contributed by atoms with van der Waals surface area (Å²) < 4.78 is 10.6. The molecule has 1 heterocycles. The van der Waals surface area contributed by atoms with Crippen molar-refractivity contribution in [1.29, 1.82) is 0 Å². The third kappa shape index (κ3) is 4.28. The van der Waals surface area contributed by atoms with Gasteiger partial charge in [0, 0.05) is 24.3 Å². The number of allylic oxidation sites excluding steroid dienone is 1. The Morgan fingerprint density at radius 2 is 1.96 bits per heavy atom. The SMILES string of the molecule is COc1ccc(/C=C/C(=O)c2cccc(N3CCOCC3)c2)cc1C. The van der Waals surface area contributed by atoms with Crippen molar-refractivity contribution < 1.29 is 14.3 Å². The molecular formula is C21H23NO3. The largest absolute Gasteiger partial charge is 0.496 e. The van der Waals surface area contributed by atoms with Crippen LogP contribution in [0.1, 0.15) is 21.5 Å². The van der Waals surface area contributed by atoms with E-state index in [0.717, 1.165) is 48.9 Å². The molecule has 2 aromatic carbocycles. The number of hydrogen-bond acceptors (Lipinski definition) is 4. The normalized spacial score (nSPS) is 14.7. The Kier molecular flexibility index (Phi) is 5.51. The maximum atomic E-state index is 12.5. The van der Waals surface area contributed by atoms with Crippen LogP contribution in [-0.4, -0.2) is 39.2 Å². The zero-order chi connectivity index (χ0) is 17.6. The van der Waals surface area contributed by atoms with E-state index in [0.29, 0.717) is 5.56 Å². The third-order valence-corrected chi connectivity index (χ3v) is 4.35. The number of carbonyl (C=O) groups is 1. The van der Waals surface area contributed by atoms with Crippen LogP contribution in [-0.2, 0) is 4.74 Å². The molecule has 0 radical (unpaired) electrons. The van der Waals surface area contributed by atoms with Gasteiger partial charge in [0.1, 0.15) is 5.75 Å². The molecule has 4 nitrogen and oxygen atoms in total. The predicted octanol–water partition coefficient (Wildman–Crippen LogP) is 3.74. The Morgan fingerprint density at radius 1 is 1.16 bits per heavy atom. The molecule has 1 fully saturated rings. The highest BCUT2D eigenvalue weighted by Gasteiger charge is 2.12. The second-order valence-corrected chi connectivity index (χ2v) is 6.08. The number of morpholine rings is 1. The number of rotatable bonds is 5. The fourth-order valence-corrected chi connectivity index (χ4v) is 2.95. The zero-order valence-corrected chi connectivity index (χ0v) is 14.7. The van der Waals surface area contributed by atoms with Crippen molar-refractivity contribution in [3.63, 3.8) is 0 Å². The van der Waals surface area contributed by atoms with Crippen molar-refractivity contribution in [2.75, 3.05) is 38.3 Å². The highest BCUT2D eigenvalue weighted by molar-refractivity contribution is 6.07. The van der Waals surface area contributed by atoms with Crippen LogP contribution in [0.4, 0.5) is 5.69 Å². The third-order valence-electron chi connectivity index (χ3n) is 4.35. The van der Waals surface area contributed by atoms with Crippen LogP contribution in [0.3, 0.4) is 0 Å². The lowest BCUT2D eigenvalue weighted by Gasteiger charge is -2.29. The number of nitrogens with zero attached hydrogens (tertiary/aromatic N) is 1. The first-order valence-corrected chi connectivity index (χ1v) is 8.47. The van der Waals surface area contributed by atoms with E-state index in [1.54, 1.807) is 13.2 Å². The van der Waals surface area contributed by atoms with Crippen molar-refractivity contribution in [1.82, 2.24) is 0 Å². The average Bonchev–Trinajstić information content (AvgIpc) is 2.67. The van der Waals surface area contributed by atoms with Gasteiger partial charge in [0.25, 0.3) is 0 Å². The van der Waals surface area contributed by atoms with Gasteiger partial charge in [-0.25, -0.2) is 0 Å². The molecule has 2 aromatic rings. The number of ketones is 1. The number of ether oxygens (including phenoxy) is 2. The number of aryl methyl sites for hydroxylation is 1. The molecule has 0 amide bonds. The highest BCUT2D eigenvalue weighted by atomic mass is 16.5. The van der Waals surface area contributed by atoms with Gasteiger partial charge in [-0.15, -0.1) is 0 Å². The first-order valence-electron chi connectivity index (χ1n) is 8.47. The van der Waals surface area contributed by atoms with E-state index >= 15 is 0 Å². The minimum absolute atomic E-state index is 0.00332. The van der Waals surface area contributed by atoms with Crippen LogP contribution in [0.15, 0.2) is 48.5 Å². The minimum atomic E-state index is 0.00332. The standard InChI is InChI=1S/C21H23NO3/c1-16-14-17(7-9-21(16)24-2)6-8-20(23)18-4-3-5-19(15-18)22-10-12-25-13-11-22/h3-9,14-15H,10-13H2,1-2H3/b8-6+. The number of benzene rings is 2. The van der Waals surface area contributed by atoms with Crippen LogP contribution >= 0.6 is 0 Å². The lowest BCUT2D eigenvalue weighted by Crippen LogP contribution is -2.36. The summed E-state index contributed by atoms with van der Waals surface area (Å²) in [6.07, 6.45) is 3.47. The number of methoxy groups -OCH3 is 1. The molecule has 0 spiro atoms. The van der Waals surface area contributed by atoms with Gasteiger partial charge in [-0.05, 0) is 48.4 Å². The van der Waals surface area contributed by atoms with Crippen LogP contribution in [0.5, 0.6) is 5.75 Å². The molecule has 1 aliphatic rings. The summed E-state index contributed by atoms with van der Waals surface area (Å²) in [4.78, 5) is 14.8. The van der Waals surface area contributed by atoms with Crippen LogP contribution in [0.2, 0.25) is 0 Å². The van der Waals surface area contributed by atoms with Crippen LogP contribution in [0, 0.1) is 6.92 Å². The fourth-order valence-electron chi connectivity index (χ4n) is 2.95. The van der Waals surface area contributed by atoms with Crippen molar-refractivity contribution in [2.45, 2.75) is 6.92 Å². The van der Waals surface area contributed by atoms with Gasteiger partial charge >= 0.3 is 0 Å². The second kappa shape index (κ2) is 7.99. The Bertz CT molecular complexity index is 776. The lowest BCUT2D eigenvalue weighted by molar-refractivity contribution is 0.104. The number of carbonyl (C=O) groups excluding carboxylic acids is 1. The summed E-state index contributed by atoms with van der Waals surface area (Å²) in [5.74, 6) is 0.852. The van der Waals surface area contributed by atoms with Gasteiger partial charge in [-0.2, -0.15) is 0 Å². The van der Waals surface area contributed by atoms with Crippen LogP contribution < -0.4 is 9.64 Å². The van der Waals surface area contributed by atoms with Gasteiger partial charge in [-0.1, -0.05) is 24.3 Å². The Labute approximate surface area is 148 Å². The van der Waals surface area contributed by atoms with Gasteiger partial charge in [0.2, 0.25) is 0 Å². The molecule has 1 aliphatic heterocycles. The molecule has 0 saturated carbocycles. The molecule has 0 aromatic heterocycles. The van der Waals surface area contributed by atoms with E-state index in [1.165, 1.54) is 0 Å². The van der Waals surface area contributed by atoms with Crippen molar-refractivity contribution >= 4 is 17.5 Å². The molecular weight excluding hydrogens is 314 g/mol. The Hall–Kier alpha value is -2.59. The van der Waals surface area contributed by atoms with E-state index < -0.39 is 0 Å². The fraction of sp³-hybridized carbons (Fsp3) is 0.286. The van der Waals surface area contributed by atoms with Crippen LogP contribution in [0.25, 0.3) is 6.08 Å². The predicted molar refractivity (Wildman–Crippen MR) is 101 cm³/mol. The average molecular weight is 337 g/mol. The molecule has 130 valence electrons. The molecule has 1 saturated heterocycles. The molecule has 3 rings (SSSR count). The molecule has 25 heavy (non-hydrogen) atoms. The minimum Gasteiger partial charge on any atom is -0.496 e. The zero-order valence-electron chi connectivity index (χ0n) is 14.7. The second-order valence-electron chi connectivity index (χ2n) is 6.08. The molecule has 0 N–H and O–H groups in total. The maximum absolute atomic E-state index is 12.5. The Morgan fingerprint density at radius 3 is 2.68 bits per heavy atom. The maximum Gasteiger partial charge on any atom is 0.185 e. The molecule has 0 unspecified atom stereocenters. The smallest absolute Gasteiger partial charge is 0.185 e. The number of anilines is 1. The summed E-state index contributed by atoms with van der Waals surface area (Å²) in [6.45, 7) is 5.17. The lowest BCUT2D eigenvalue weighted by atomic mass is 10.1. The first-order chi connectivity index (χ1) is 12.2. The van der Waals surface area contributed by atoms with E-state index in [9.17, 15) is 4.79 Å².